The van der Waals surface area contributed by atoms with E-state index in [2.05, 4.69) is 0 Å². The molecule has 0 amide bonds. The van der Waals surface area contributed by atoms with Crippen LogP contribution in [-0.4, -0.2) is 31.3 Å². The third kappa shape index (κ3) is 4.21. The molecule has 0 unspecified atom stereocenters. The number of carbonyl (C=O) groups is 2. The SMILES string of the molecule is CCOC(=O)C(C(=O)OCC)c1cccc(OC2CC2)c1. The molecule has 0 radical (unpaired) electrons. The van der Waals surface area contributed by atoms with Crippen LogP contribution in [0.3, 0.4) is 0 Å². The van der Waals surface area contributed by atoms with E-state index in [0.717, 1.165) is 12.8 Å². The van der Waals surface area contributed by atoms with Crippen LogP contribution in [0.25, 0.3) is 0 Å². The van der Waals surface area contributed by atoms with Crippen molar-refractivity contribution in [3.05, 3.63) is 29.8 Å². The lowest BCUT2D eigenvalue weighted by atomic mass is 9.99. The summed E-state index contributed by atoms with van der Waals surface area (Å²) in [6, 6.07) is 6.99. The van der Waals surface area contributed by atoms with Gasteiger partial charge >= 0.3 is 11.9 Å². The molecule has 0 spiro atoms. The molecule has 0 heterocycles. The molecule has 2 rings (SSSR count). The van der Waals surface area contributed by atoms with Crippen molar-refractivity contribution in [1.82, 2.24) is 0 Å². The molecule has 5 heteroatoms. The lowest BCUT2D eigenvalue weighted by molar-refractivity contribution is -0.156. The van der Waals surface area contributed by atoms with E-state index in [9.17, 15) is 9.59 Å². The average molecular weight is 292 g/mol. The summed E-state index contributed by atoms with van der Waals surface area (Å²) >= 11 is 0. The topological polar surface area (TPSA) is 61.8 Å². The van der Waals surface area contributed by atoms with Gasteiger partial charge in [0, 0.05) is 0 Å². The van der Waals surface area contributed by atoms with Crippen molar-refractivity contribution >= 4 is 11.9 Å². The van der Waals surface area contributed by atoms with E-state index in [-0.39, 0.29) is 19.3 Å². The molecule has 0 aromatic heterocycles. The molecule has 5 nitrogen and oxygen atoms in total. The standard InChI is InChI=1S/C16H20O5/c1-3-19-15(17)14(16(18)20-4-2)11-6-5-7-13(10-11)21-12-8-9-12/h5-7,10,12,14H,3-4,8-9H2,1-2H3. The third-order valence-electron chi connectivity index (χ3n) is 3.06. The highest BCUT2D eigenvalue weighted by Gasteiger charge is 2.32. The molecule has 0 saturated heterocycles. The van der Waals surface area contributed by atoms with Gasteiger partial charge in [0.25, 0.3) is 0 Å². The fraction of sp³-hybridized carbons (Fsp3) is 0.500. The number of esters is 2. The Morgan fingerprint density at radius 3 is 2.29 bits per heavy atom. The van der Waals surface area contributed by atoms with Crippen LogP contribution in [-0.2, 0) is 19.1 Å². The van der Waals surface area contributed by atoms with Crippen LogP contribution in [0.4, 0.5) is 0 Å². The zero-order chi connectivity index (χ0) is 15.2. The minimum absolute atomic E-state index is 0.215. The van der Waals surface area contributed by atoms with Crippen molar-refractivity contribution in [2.24, 2.45) is 0 Å². The summed E-state index contributed by atoms with van der Waals surface area (Å²) in [5.74, 6) is -1.60. The van der Waals surface area contributed by atoms with Crippen LogP contribution < -0.4 is 4.74 Å². The monoisotopic (exact) mass is 292 g/mol. The molecule has 1 aromatic rings. The van der Waals surface area contributed by atoms with Gasteiger partial charge in [0.05, 0.1) is 19.3 Å². The van der Waals surface area contributed by atoms with E-state index in [1.54, 1.807) is 32.0 Å². The summed E-state index contributed by atoms with van der Waals surface area (Å²) in [5, 5.41) is 0. The minimum Gasteiger partial charge on any atom is -0.490 e. The van der Waals surface area contributed by atoms with Gasteiger partial charge in [-0.05, 0) is 44.4 Å². The maximum atomic E-state index is 12.0. The van der Waals surface area contributed by atoms with E-state index in [0.29, 0.717) is 11.3 Å². The first-order chi connectivity index (χ1) is 10.2. The van der Waals surface area contributed by atoms with Gasteiger partial charge < -0.3 is 14.2 Å². The molecule has 1 aliphatic rings. The fourth-order valence-corrected chi connectivity index (χ4v) is 1.97. The molecule has 0 bridgehead atoms. The average Bonchev–Trinajstić information content (AvgIpc) is 3.24. The predicted octanol–water partition coefficient (Wildman–Crippen LogP) is 2.44. The highest BCUT2D eigenvalue weighted by Crippen LogP contribution is 2.29. The number of carbonyl (C=O) groups excluding carboxylic acids is 2. The Kier molecular flexibility index (Phi) is 5.20. The number of ether oxygens (including phenoxy) is 3. The van der Waals surface area contributed by atoms with Crippen molar-refractivity contribution in [3.8, 4) is 5.75 Å². The van der Waals surface area contributed by atoms with E-state index in [1.165, 1.54) is 0 Å². The normalized spacial score (nSPS) is 13.9. The van der Waals surface area contributed by atoms with Gasteiger partial charge in [-0.3, -0.25) is 9.59 Å². The van der Waals surface area contributed by atoms with Gasteiger partial charge in [0.1, 0.15) is 5.75 Å². The Balaban J connectivity index is 2.21. The molecule has 21 heavy (non-hydrogen) atoms. The lowest BCUT2D eigenvalue weighted by Crippen LogP contribution is -2.26. The molecule has 0 aliphatic heterocycles. The summed E-state index contributed by atoms with van der Waals surface area (Å²) in [6.07, 6.45) is 2.34. The molecule has 1 saturated carbocycles. The predicted molar refractivity (Wildman–Crippen MR) is 76.1 cm³/mol. The summed E-state index contributed by atoms with van der Waals surface area (Å²) < 4.78 is 15.6. The van der Waals surface area contributed by atoms with Crippen LogP contribution in [0.5, 0.6) is 5.75 Å². The first-order valence-corrected chi connectivity index (χ1v) is 7.25. The molecule has 0 atom stereocenters. The Morgan fingerprint density at radius 1 is 1.14 bits per heavy atom. The molecule has 1 fully saturated rings. The molecular formula is C16H20O5. The van der Waals surface area contributed by atoms with E-state index in [1.807, 2.05) is 6.07 Å². The molecule has 1 aromatic carbocycles. The molecular weight excluding hydrogens is 272 g/mol. The highest BCUT2D eigenvalue weighted by molar-refractivity contribution is 6.00. The van der Waals surface area contributed by atoms with E-state index < -0.39 is 17.9 Å². The van der Waals surface area contributed by atoms with Crippen LogP contribution in [0.15, 0.2) is 24.3 Å². The first-order valence-electron chi connectivity index (χ1n) is 7.25. The maximum Gasteiger partial charge on any atom is 0.324 e. The second kappa shape index (κ2) is 7.11. The van der Waals surface area contributed by atoms with Crippen molar-refractivity contribution in [3.63, 3.8) is 0 Å². The first kappa shape index (κ1) is 15.4. The van der Waals surface area contributed by atoms with Gasteiger partial charge in [0.2, 0.25) is 0 Å². The highest BCUT2D eigenvalue weighted by atomic mass is 16.6. The number of hydrogen-bond acceptors (Lipinski definition) is 5. The van der Waals surface area contributed by atoms with E-state index >= 15 is 0 Å². The Morgan fingerprint density at radius 2 is 1.76 bits per heavy atom. The van der Waals surface area contributed by atoms with Gasteiger partial charge in [0.15, 0.2) is 5.92 Å². The van der Waals surface area contributed by atoms with Gasteiger partial charge in [-0.25, -0.2) is 0 Å². The van der Waals surface area contributed by atoms with Gasteiger partial charge in [-0.15, -0.1) is 0 Å². The Hall–Kier alpha value is -2.04. The second-order valence-electron chi connectivity index (χ2n) is 4.83. The van der Waals surface area contributed by atoms with Crippen LogP contribution in [0.1, 0.15) is 38.2 Å². The number of rotatable bonds is 7. The Labute approximate surface area is 124 Å². The summed E-state index contributed by atoms with van der Waals surface area (Å²) in [7, 11) is 0. The number of hydrogen-bond donors (Lipinski definition) is 0. The smallest absolute Gasteiger partial charge is 0.324 e. The van der Waals surface area contributed by atoms with Crippen LogP contribution >= 0.6 is 0 Å². The van der Waals surface area contributed by atoms with Gasteiger partial charge in [-0.2, -0.15) is 0 Å². The van der Waals surface area contributed by atoms with E-state index in [4.69, 9.17) is 14.2 Å². The van der Waals surface area contributed by atoms with Crippen molar-refractivity contribution in [1.29, 1.82) is 0 Å². The summed E-state index contributed by atoms with van der Waals surface area (Å²) in [6.45, 7) is 3.83. The molecule has 1 aliphatic carbocycles. The third-order valence-corrected chi connectivity index (χ3v) is 3.06. The minimum atomic E-state index is -1.06. The number of benzene rings is 1. The van der Waals surface area contributed by atoms with Gasteiger partial charge in [-0.1, -0.05) is 12.1 Å². The second-order valence-corrected chi connectivity index (χ2v) is 4.83. The molecule has 0 N–H and O–H groups in total. The maximum absolute atomic E-state index is 12.0. The Bertz CT molecular complexity index is 489. The quantitative estimate of drug-likeness (QED) is 0.570. The van der Waals surface area contributed by atoms with Crippen LogP contribution in [0.2, 0.25) is 0 Å². The van der Waals surface area contributed by atoms with Crippen LogP contribution in [0, 0.1) is 0 Å². The van der Waals surface area contributed by atoms with Crippen molar-refractivity contribution in [2.45, 2.75) is 38.7 Å². The zero-order valence-corrected chi connectivity index (χ0v) is 12.3. The molecule has 114 valence electrons. The van der Waals surface area contributed by atoms with Crippen molar-refractivity contribution in [2.75, 3.05) is 13.2 Å². The zero-order valence-electron chi connectivity index (χ0n) is 12.3. The summed E-state index contributed by atoms with van der Waals surface area (Å²) in [5.41, 5.74) is 0.532. The largest absolute Gasteiger partial charge is 0.490 e. The summed E-state index contributed by atoms with van der Waals surface area (Å²) in [4.78, 5) is 24.1. The lowest BCUT2D eigenvalue weighted by Gasteiger charge is -2.15. The van der Waals surface area contributed by atoms with Crippen molar-refractivity contribution < 1.29 is 23.8 Å². The fourth-order valence-electron chi connectivity index (χ4n) is 1.97.